The van der Waals surface area contributed by atoms with Gasteiger partial charge in [0, 0.05) is 0 Å². The first-order chi connectivity index (χ1) is 10.0. The molecule has 1 aliphatic heterocycles. The van der Waals surface area contributed by atoms with Crippen molar-refractivity contribution in [2.45, 2.75) is 71.3 Å². The first-order valence-corrected chi connectivity index (χ1v) is 8.72. The van der Waals surface area contributed by atoms with Crippen LogP contribution in [0.5, 0.6) is 0 Å². The van der Waals surface area contributed by atoms with Gasteiger partial charge in [0.2, 0.25) is 0 Å². The Morgan fingerprint density at radius 2 is 2.10 bits per heavy atom. The van der Waals surface area contributed by atoms with Crippen LogP contribution in [0.1, 0.15) is 65.7 Å². The number of rotatable bonds is 9. The summed E-state index contributed by atoms with van der Waals surface area (Å²) in [5.74, 6) is 0.170. The molecular weight excluding hydrogens is 264 g/mol. The lowest BCUT2D eigenvalue weighted by Gasteiger charge is -2.28. The van der Waals surface area contributed by atoms with Gasteiger partial charge < -0.3 is 15.3 Å². The molecule has 124 valence electrons. The Bertz CT molecular complexity index is 309. The topological polar surface area (TPSA) is 52.6 Å². The SMILES string of the molecule is CCCNC(C)(CCCN1CCCC(CC)CC1)C(=O)O. The van der Waals surface area contributed by atoms with Gasteiger partial charge >= 0.3 is 5.97 Å². The minimum absolute atomic E-state index is 0.704. The third-order valence-corrected chi connectivity index (χ3v) is 4.91. The van der Waals surface area contributed by atoms with E-state index >= 15 is 0 Å². The number of hydrogen-bond donors (Lipinski definition) is 2. The van der Waals surface area contributed by atoms with Crippen LogP contribution in [0.25, 0.3) is 0 Å². The van der Waals surface area contributed by atoms with Crippen molar-refractivity contribution >= 4 is 5.97 Å². The molecule has 1 fully saturated rings. The summed E-state index contributed by atoms with van der Waals surface area (Å²) in [5.41, 5.74) is -0.770. The van der Waals surface area contributed by atoms with Crippen LogP contribution in [0, 0.1) is 5.92 Å². The Morgan fingerprint density at radius 3 is 2.71 bits per heavy atom. The zero-order chi connectivity index (χ0) is 15.7. The fourth-order valence-electron chi connectivity index (χ4n) is 3.18. The predicted octanol–water partition coefficient (Wildman–Crippen LogP) is 3.12. The molecule has 4 heteroatoms. The molecule has 0 radical (unpaired) electrons. The van der Waals surface area contributed by atoms with Gasteiger partial charge in [0.05, 0.1) is 0 Å². The van der Waals surface area contributed by atoms with Crippen molar-refractivity contribution in [2.24, 2.45) is 5.92 Å². The van der Waals surface area contributed by atoms with Gasteiger partial charge in [-0.05, 0) is 77.5 Å². The highest BCUT2D eigenvalue weighted by molar-refractivity contribution is 5.78. The molecule has 0 aromatic rings. The van der Waals surface area contributed by atoms with Gasteiger partial charge in [0.15, 0.2) is 0 Å². The van der Waals surface area contributed by atoms with Crippen LogP contribution in [-0.2, 0) is 4.79 Å². The molecule has 1 aliphatic rings. The van der Waals surface area contributed by atoms with Crippen LogP contribution in [0.3, 0.4) is 0 Å². The molecule has 21 heavy (non-hydrogen) atoms. The molecule has 4 nitrogen and oxygen atoms in total. The quantitative estimate of drug-likeness (QED) is 0.687. The molecule has 0 bridgehead atoms. The number of hydrogen-bond acceptors (Lipinski definition) is 3. The Labute approximate surface area is 130 Å². The van der Waals surface area contributed by atoms with Crippen molar-refractivity contribution in [1.29, 1.82) is 0 Å². The second-order valence-corrected chi connectivity index (χ2v) is 6.71. The van der Waals surface area contributed by atoms with Gasteiger partial charge in [-0.2, -0.15) is 0 Å². The fraction of sp³-hybridized carbons (Fsp3) is 0.941. The van der Waals surface area contributed by atoms with E-state index in [0.29, 0.717) is 6.42 Å². The van der Waals surface area contributed by atoms with Gasteiger partial charge in [-0.3, -0.25) is 4.79 Å². The van der Waals surface area contributed by atoms with E-state index in [1.165, 1.54) is 38.8 Å². The summed E-state index contributed by atoms with van der Waals surface area (Å²) in [5, 5.41) is 12.6. The molecule has 0 saturated carbocycles. The van der Waals surface area contributed by atoms with E-state index in [1.807, 2.05) is 6.92 Å². The summed E-state index contributed by atoms with van der Waals surface area (Å²) < 4.78 is 0. The molecule has 0 aliphatic carbocycles. The molecule has 0 amide bonds. The van der Waals surface area contributed by atoms with Crippen molar-refractivity contribution < 1.29 is 9.90 Å². The van der Waals surface area contributed by atoms with Gasteiger partial charge in [-0.15, -0.1) is 0 Å². The molecule has 2 unspecified atom stereocenters. The average Bonchev–Trinajstić information content (AvgIpc) is 2.70. The maximum absolute atomic E-state index is 11.5. The van der Waals surface area contributed by atoms with E-state index in [9.17, 15) is 9.90 Å². The van der Waals surface area contributed by atoms with Gasteiger partial charge in [0.25, 0.3) is 0 Å². The van der Waals surface area contributed by atoms with Crippen LogP contribution in [0.15, 0.2) is 0 Å². The number of carbonyl (C=O) groups is 1. The smallest absolute Gasteiger partial charge is 0.323 e. The number of nitrogens with one attached hydrogen (secondary N) is 1. The Kier molecular flexibility index (Phi) is 8.27. The fourth-order valence-corrected chi connectivity index (χ4v) is 3.18. The third kappa shape index (κ3) is 6.35. The lowest BCUT2D eigenvalue weighted by atomic mass is 9.95. The van der Waals surface area contributed by atoms with E-state index < -0.39 is 11.5 Å². The summed E-state index contributed by atoms with van der Waals surface area (Å²) in [6.45, 7) is 10.3. The van der Waals surface area contributed by atoms with Crippen molar-refractivity contribution in [3.8, 4) is 0 Å². The number of likely N-dealkylation sites (tertiary alicyclic amines) is 1. The lowest BCUT2D eigenvalue weighted by molar-refractivity contribution is -0.144. The molecule has 0 aromatic carbocycles. The predicted molar refractivity (Wildman–Crippen MR) is 87.6 cm³/mol. The summed E-state index contributed by atoms with van der Waals surface area (Å²) >= 11 is 0. The highest BCUT2D eigenvalue weighted by Crippen LogP contribution is 2.21. The van der Waals surface area contributed by atoms with Gasteiger partial charge in [-0.25, -0.2) is 0 Å². The summed E-state index contributed by atoms with van der Waals surface area (Å²) in [6.07, 6.45) is 7.88. The Hall–Kier alpha value is -0.610. The van der Waals surface area contributed by atoms with E-state index in [-0.39, 0.29) is 0 Å². The van der Waals surface area contributed by atoms with E-state index in [4.69, 9.17) is 0 Å². The maximum Gasteiger partial charge on any atom is 0.323 e. The largest absolute Gasteiger partial charge is 0.480 e. The molecule has 0 aromatic heterocycles. The monoisotopic (exact) mass is 298 g/mol. The second kappa shape index (κ2) is 9.42. The highest BCUT2D eigenvalue weighted by atomic mass is 16.4. The van der Waals surface area contributed by atoms with E-state index in [2.05, 4.69) is 24.1 Å². The van der Waals surface area contributed by atoms with Crippen LogP contribution < -0.4 is 5.32 Å². The summed E-state index contributed by atoms with van der Waals surface area (Å²) in [7, 11) is 0. The Morgan fingerprint density at radius 1 is 1.33 bits per heavy atom. The van der Waals surface area contributed by atoms with Crippen molar-refractivity contribution in [3.63, 3.8) is 0 Å². The van der Waals surface area contributed by atoms with Crippen molar-refractivity contribution in [2.75, 3.05) is 26.2 Å². The average molecular weight is 298 g/mol. The molecule has 1 saturated heterocycles. The molecule has 1 heterocycles. The first kappa shape index (κ1) is 18.4. The zero-order valence-electron chi connectivity index (χ0n) is 14.2. The Balaban J connectivity index is 2.34. The van der Waals surface area contributed by atoms with E-state index in [1.54, 1.807) is 0 Å². The van der Waals surface area contributed by atoms with Crippen molar-refractivity contribution in [1.82, 2.24) is 10.2 Å². The molecule has 2 atom stereocenters. The maximum atomic E-state index is 11.5. The van der Waals surface area contributed by atoms with Crippen LogP contribution in [-0.4, -0.2) is 47.7 Å². The summed E-state index contributed by atoms with van der Waals surface area (Å²) in [6, 6.07) is 0. The van der Waals surface area contributed by atoms with Crippen LogP contribution in [0.2, 0.25) is 0 Å². The second-order valence-electron chi connectivity index (χ2n) is 6.71. The van der Waals surface area contributed by atoms with Gasteiger partial charge in [-0.1, -0.05) is 20.3 Å². The summed E-state index contributed by atoms with van der Waals surface area (Å²) in [4.78, 5) is 14.0. The molecule has 2 N–H and O–H groups in total. The minimum atomic E-state index is -0.770. The van der Waals surface area contributed by atoms with Crippen molar-refractivity contribution in [3.05, 3.63) is 0 Å². The van der Waals surface area contributed by atoms with Gasteiger partial charge in [0.1, 0.15) is 5.54 Å². The lowest BCUT2D eigenvalue weighted by Crippen LogP contribution is -2.50. The minimum Gasteiger partial charge on any atom is -0.480 e. The number of carboxylic acids is 1. The normalized spacial score (nSPS) is 23.5. The molecule has 1 rings (SSSR count). The van der Waals surface area contributed by atoms with Crippen LogP contribution >= 0.6 is 0 Å². The van der Waals surface area contributed by atoms with E-state index in [0.717, 1.165) is 31.8 Å². The molecule has 0 spiro atoms. The number of nitrogens with zero attached hydrogens (tertiary/aromatic N) is 1. The number of aliphatic carboxylic acids is 1. The highest BCUT2D eigenvalue weighted by Gasteiger charge is 2.31. The van der Waals surface area contributed by atoms with Crippen LogP contribution in [0.4, 0.5) is 0 Å². The zero-order valence-corrected chi connectivity index (χ0v) is 14.2. The third-order valence-electron chi connectivity index (χ3n) is 4.91. The number of carboxylic acid groups (broad SMARTS) is 1. The molecular formula is C17H34N2O2. The first-order valence-electron chi connectivity index (χ1n) is 8.72. The standard InChI is InChI=1S/C17H34N2O2/c1-4-11-18-17(3,16(20)21)10-7-13-19-12-6-8-15(5-2)9-14-19/h15,18H,4-14H2,1-3H3,(H,20,21).